The number of methoxy groups -OCH3 is 1. The molecule has 1 amide bonds. The van der Waals surface area contributed by atoms with Gasteiger partial charge in [0.2, 0.25) is 11.8 Å². The van der Waals surface area contributed by atoms with E-state index in [4.69, 9.17) is 16.3 Å². The van der Waals surface area contributed by atoms with Gasteiger partial charge in [-0.2, -0.15) is 4.98 Å². The van der Waals surface area contributed by atoms with E-state index >= 15 is 0 Å². The molecule has 1 aliphatic rings. The summed E-state index contributed by atoms with van der Waals surface area (Å²) in [5.74, 6) is 0.615. The Morgan fingerprint density at radius 3 is 2.69 bits per heavy atom. The van der Waals surface area contributed by atoms with Crippen LogP contribution in [0.4, 0.5) is 11.4 Å². The Bertz CT molecular complexity index is 776. The molecule has 1 fully saturated rings. The van der Waals surface area contributed by atoms with Gasteiger partial charge in [-0.15, -0.1) is 0 Å². The summed E-state index contributed by atoms with van der Waals surface area (Å²) in [6, 6.07) is 11.8. The van der Waals surface area contributed by atoms with E-state index < -0.39 is 0 Å². The molecule has 1 aromatic heterocycles. The van der Waals surface area contributed by atoms with Gasteiger partial charge in [-0.05, 0) is 29.8 Å². The van der Waals surface area contributed by atoms with Crippen LogP contribution in [0.1, 0.15) is 12.5 Å². The Hall–Kier alpha value is -2.31. The second-order valence-corrected chi connectivity index (χ2v) is 6.69. The van der Waals surface area contributed by atoms with Crippen molar-refractivity contribution in [2.75, 3.05) is 38.6 Å². The number of hydrogen-bond acceptors (Lipinski definition) is 5. The molecule has 0 saturated carbocycles. The maximum Gasteiger partial charge on any atom is 0.238 e. The lowest BCUT2D eigenvalue weighted by molar-refractivity contribution is -0.130. The molecule has 1 N–H and O–H groups in total. The highest BCUT2D eigenvalue weighted by Gasteiger charge is 2.18. The van der Waals surface area contributed by atoms with Gasteiger partial charge in [0.25, 0.3) is 0 Å². The standard InChI is InChI=1S/C19H23ClN4O2/c1-14(25)24-10-8-23(9-11-24)13-15-4-3-5-16(12-15)21-17-6-7-18(20)22-19(17)26-2/h3-7,12,21H,8-11,13H2,1-2H3. The Balaban J connectivity index is 1.65. The molecule has 26 heavy (non-hydrogen) atoms. The van der Waals surface area contributed by atoms with Crippen LogP contribution in [-0.4, -0.2) is 54.0 Å². The van der Waals surface area contributed by atoms with E-state index in [2.05, 4.69) is 27.3 Å². The first kappa shape index (κ1) is 18.5. The number of nitrogens with one attached hydrogen (secondary N) is 1. The average Bonchev–Trinajstić information content (AvgIpc) is 2.64. The first-order valence-corrected chi connectivity index (χ1v) is 8.97. The number of pyridine rings is 1. The van der Waals surface area contributed by atoms with Crippen molar-refractivity contribution in [3.05, 3.63) is 47.1 Å². The summed E-state index contributed by atoms with van der Waals surface area (Å²) < 4.78 is 5.28. The number of halogens is 1. The predicted molar refractivity (Wildman–Crippen MR) is 103 cm³/mol. The van der Waals surface area contributed by atoms with Gasteiger partial charge in [-0.1, -0.05) is 23.7 Å². The number of anilines is 2. The van der Waals surface area contributed by atoms with E-state index in [1.54, 1.807) is 20.1 Å². The highest BCUT2D eigenvalue weighted by molar-refractivity contribution is 6.29. The zero-order chi connectivity index (χ0) is 18.5. The summed E-state index contributed by atoms with van der Waals surface area (Å²) in [6.07, 6.45) is 0. The number of nitrogens with zero attached hydrogens (tertiary/aromatic N) is 3. The molecule has 1 aliphatic heterocycles. The molecule has 6 nitrogen and oxygen atoms in total. The van der Waals surface area contributed by atoms with Crippen molar-refractivity contribution < 1.29 is 9.53 Å². The monoisotopic (exact) mass is 374 g/mol. The Morgan fingerprint density at radius 2 is 2.00 bits per heavy atom. The maximum absolute atomic E-state index is 11.4. The fourth-order valence-electron chi connectivity index (χ4n) is 3.05. The number of carbonyl (C=O) groups is 1. The summed E-state index contributed by atoms with van der Waals surface area (Å²) in [6.45, 7) is 5.86. The van der Waals surface area contributed by atoms with Gasteiger partial charge in [0, 0.05) is 45.3 Å². The fraction of sp³-hybridized carbons (Fsp3) is 0.368. The van der Waals surface area contributed by atoms with E-state index in [-0.39, 0.29) is 5.91 Å². The quantitative estimate of drug-likeness (QED) is 0.815. The van der Waals surface area contributed by atoms with Crippen LogP contribution in [-0.2, 0) is 11.3 Å². The minimum atomic E-state index is 0.154. The number of rotatable bonds is 5. The highest BCUT2D eigenvalue weighted by atomic mass is 35.5. The van der Waals surface area contributed by atoms with Crippen LogP contribution in [0, 0.1) is 0 Å². The van der Waals surface area contributed by atoms with E-state index in [1.807, 2.05) is 23.1 Å². The molecule has 2 aromatic rings. The molecule has 0 spiro atoms. The highest BCUT2D eigenvalue weighted by Crippen LogP contribution is 2.27. The lowest BCUT2D eigenvalue weighted by Gasteiger charge is -2.34. The third-order valence-electron chi connectivity index (χ3n) is 4.45. The van der Waals surface area contributed by atoms with Crippen LogP contribution in [0.5, 0.6) is 5.88 Å². The molecular weight excluding hydrogens is 352 g/mol. The number of hydrogen-bond donors (Lipinski definition) is 1. The summed E-state index contributed by atoms with van der Waals surface area (Å²) in [5, 5.41) is 3.73. The SMILES string of the molecule is COc1nc(Cl)ccc1Nc1cccc(CN2CCN(C(C)=O)CC2)c1. The van der Waals surface area contributed by atoms with Crippen LogP contribution < -0.4 is 10.1 Å². The molecule has 3 rings (SSSR count). The van der Waals surface area contributed by atoms with Crippen molar-refractivity contribution in [3.8, 4) is 5.88 Å². The van der Waals surface area contributed by atoms with Crippen LogP contribution in [0.2, 0.25) is 5.15 Å². The summed E-state index contributed by atoms with van der Waals surface area (Å²) >= 11 is 5.91. The van der Waals surface area contributed by atoms with Crippen molar-refractivity contribution in [2.45, 2.75) is 13.5 Å². The topological polar surface area (TPSA) is 57.7 Å². The second-order valence-electron chi connectivity index (χ2n) is 6.30. The molecule has 0 aliphatic carbocycles. The van der Waals surface area contributed by atoms with Crippen LogP contribution in [0.25, 0.3) is 0 Å². The van der Waals surface area contributed by atoms with Gasteiger partial charge in [0.1, 0.15) is 10.8 Å². The fourth-order valence-corrected chi connectivity index (χ4v) is 3.19. The van der Waals surface area contributed by atoms with Crippen molar-refractivity contribution in [1.82, 2.24) is 14.8 Å². The molecule has 0 unspecified atom stereocenters. The number of carbonyl (C=O) groups excluding carboxylic acids is 1. The number of piperazine rings is 1. The average molecular weight is 375 g/mol. The summed E-state index contributed by atoms with van der Waals surface area (Å²) in [5.41, 5.74) is 2.95. The molecule has 138 valence electrons. The zero-order valence-electron chi connectivity index (χ0n) is 15.0. The first-order chi connectivity index (χ1) is 12.5. The lowest BCUT2D eigenvalue weighted by atomic mass is 10.1. The van der Waals surface area contributed by atoms with E-state index in [9.17, 15) is 4.79 Å². The first-order valence-electron chi connectivity index (χ1n) is 8.59. The van der Waals surface area contributed by atoms with Crippen molar-refractivity contribution in [2.24, 2.45) is 0 Å². The molecular formula is C19H23ClN4O2. The molecule has 7 heteroatoms. The summed E-state index contributed by atoms with van der Waals surface area (Å²) in [4.78, 5) is 19.9. The predicted octanol–water partition coefficient (Wildman–Crippen LogP) is 3.15. The molecule has 1 saturated heterocycles. The molecule has 0 bridgehead atoms. The molecule has 1 aromatic carbocycles. The Labute approximate surface area is 158 Å². The summed E-state index contributed by atoms with van der Waals surface area (Å²) in [7, 11) is 1.57. The van der Waals surface area contributed by atoms with Crippen LogP contribution in [0.15, 0.2) is 36.4 Å². The van der Waals surface area contributed by atoms with Crippen molar-refractivity contribution >= 4 is 28.9 Å². The zero-order valence-corrected chi connectivity index (χ0v) is 15.8. The largest absolute Gasteiger partial charge is 0.479 e. The van der Waals surface area contributed by atoms with Crippen molar-refractivity contribution in [1.29, 1.82) is 0 Å². The third kappa shape index (κ3) is 4.65. The van der Waals surface area contributed by atoms with Crippen LogP contribution in [0.3, 0.4) is 0 Å². The minimum Gasteiger partial charge on any atom is -0.479 e. The van der Waals surface area contributed by atoms with Gasteiger partial charge in [0.05, 0.1) is 7.11 Å². The maximum atomic E-state index is 11.4. The normalized spacial score (nSPS) is 15.0. The third-order valence-corrected chi connectivity index (χ3v) is 4.66. The van der Waals surface area contributed by atoms with Crippen LogP contribution >= 0.6 is 11.6 Å². The second kappa shape index (κ2) is 8.38. The van der Waals surface area contributed by atoms with E-state index in [0.29, 0.717) is 11.0 Å². The number of amides is 1. The molecule has 0 atom stereocenters. The van der Waals surface area contributed by atoms with E-state index in [0.717, 1.165) is 44.1 Å². The minimum absolute atomic E-state index is 0.154. The molecule has 0 radical (unpaired) electrons. The Kier molecular flexibility index (Phi) is 5.96. The Morgan fingerprint density at radius 1 is 1.23 bits per heavy atom. The van der Waals surface area contributed by atoms with Crippen molar-refractivity contribution in [3.63, 3.8) is 0 Å². The van der Waals surface area contributed by atoms with Gasteiger partial charge >= 0.3 is 0 Å². The number of aromatic nitrogens is 1. The van der Waals surface area contributed by atoms with Gasteiger partial charge < -0.3 is 15.0 Å². The molecule has 2 heterocycles. The van der Waals surface area contributed by atoms with Gasteiger partial charge in [0.15, 0.2) is 0 Å². The smallest absolute Gasteiger partial charge is 0.238 e. The van der Waals surface area contributed by atoms with Gasteiger partial charge in [-0.25, -0.2) is 0 Å². The van der Waals surface area contributed by atoms with Gasteiger partial charge in [-0.3, -0.25) is 9.69 Å². The number of benzene rings is 1. The lowest BCUT2D eigenvalue weighted by Crippen LogP contribution is -2.47. The number of ether oxygens (including phenoxy) is 1. The van der Waals surface area contributed by atoms with E-state index in [1.165, 1.54) is 5.56 Å².